The molecule has 0 radical (unpaired) electrons. The molecule has 6 heteroatoms. The van der Waals surface area contributed by atoms with Crippen molar-refractivity contribution in [1.29, 1.82) is 0 Å². The number of hydrogen-bond acceptors (Lipinski definition) is 5. The number of benzene rings is 2. The normalized spacial score (nSPS) is 10.9. The molecule has 0 spiro atoms. The van der Waals surface area contributed by atoms with Crippen molar-refractivity contribution in [3.8, 4) is 5.75 Å². The van der Waals surface area contributed by atoms with Gasteiger partial charge in [-0.05, 0) is 49.7 Å². The fourth-order valence-corrected chi connectivity index (χ4v) is 2.89. The van der Waals surface area contributed by atoms with Gasteiger partial charge in [-0.2, -0.15) is 5.10 Å². The minimum atomic E-state index is 0.478. The molecular formula is C20H19BrN4O. The molecule has 132 valence electrons. The molecule has 0 aliphatic rings. The zero-order valence-electron chi connectivity index (χ0n) is 14.6. The van der Waals surface area contributed by atoms with Crippen molar-refractivity contribution in [2.45, 2.75) is 20.5 Å². The van der Waals surface area contributed by atoms with Crippen LogP contribution >= 0.6 is 15.9 Å². The first-order chi connectivity index (χ1) is 12.6. The van der Waals surface area contributed by atoms with Gasteiger partial charge in [-0.3, -0.25) is 0 Å². The van der Waals surface area contributed by atoms with Crippen LogP contribution in [0.4, 0.5) is 5.95 Å². The zero-order chi connectivity index (χ0) is 18.4. The topological polar surface area (TPSA) is 59.4 Å². The Balaban J connectivity index is 1.68. The second kappa shape index (κ2) is 8.58. The number of aryl methyl sites for hydroxylation is 2. The van der Waals surface area contributed by atoms with E-state index in [4.69, 9.17) is 4.74 Å². The second-order valence-electron chi connectivity index (χ2n) is 5.80. The van der Waals surface area contributed by atoms with Crippen molar-refractivity contribution < 1.29 is 4.74 Å². The number of nitrogens with zero attached hydrogens (tertiary/aromatic N) is 3. The van der Waals surface area contributed by atoms with Crippen molar-refractivity contribution in [3.05, 3.63) is 81.6 Å². The quantitative estimate of drug-likeness (QED) is 0.464. The van der Waals surface area contributed by atoms with Crippen LogP contribution in [0.1, 0.15) is 22.5 Å². The van der Waals surface area contributed by atoms with E-state index in [1.165, 1.54) is 0 Å². The van der Waals surface area contributed by atoms with Gasteiger partial charge in [0.05, 0.1) is 6.21 Å². The number of para-hydroxylation sites is 1. The summed E-state index contributed by atoms with van der Waals surface area (Å²) in [7, 11) is 0. The van der Waals surface area contributed by atoms with Crippen molar-refractivity contribution in [1.82, 2.24) is 9.97 Å². The highest BCUT2D eigenvalue weighted by Gasteiger charge is 2.02. The van der Waals surface area contributed by atoms with Crippen LogP contribution in [-0.2, 0) is 6.61 Å². The van der Waals surface area contributed by atoms with Crippen LogP contribution in [0.2, 0.25) is 0 Å². The molecule has 0 unspecified atom stereocenters. The highest BCUT2D eigenvalue weighted by atomic mass is 79.9. The Morgan fingerprint density at radius 1 is 1.04 bits per heavy atom. The molecular weight excluding hydrogens is 392 g/mol. The summed E-state index contributed by atoms with van der Waals surface area (Å²) < 4.78 is 6.98. The predicted molar refractivity (Wildman–Crippen MR) is 108 cm³/mol. The van der Waals surface area contributed by atoms with Gasteiger partial charge in [-0.25, -0.2) is 15.4 Å². The molecule has 0 saturated heterocycles. The molecule has 5 nitrogen and oxygen atoms in total. The fraction of sp³-hybridized carbons (Fsp3) is 0.150. The predicted octanol–water partition coefficient (Wildman–Crippen LogP) is 4.88. The lowest BCUT2D eigenvalue weighted by molar-refractivity contribution is 0.305. The Bertz CT molecular complexity index is 907. The molecule has 1 aromatic heterocycles. The number of anilines is 1. The van der Waals surface area contributed by atoms with Crippen LogP contribution in [0.15, 0.2) is 64.2 Å². The van der Waals surface area contributed by atoms with Crippen LogP contribution in [0.3, 0.4) is 0 Å². The van der Waals surface area contributed by atoms with Crippen LogP contribution in [0.25, 0.3) is 0 Å². The first-order valence-electron chi connectivity index (χ1n) is 8.18. The maximum atomic E-state index is 5.95. The highest BCUT2D eigenvalue weighted by Crippen LogP contribution is 2.19. The first-order valence-corrected chi connectivity index (χ1v) is 8.97. The number of hydrogen-bond donors (Lipinski definition) is 1. The average molecular weight is 411 g/mol. The molecule has 0 atom stereocenters. The van der Waals surface area contributed by atoms with Gasteiger partial charge in [0.15, 0.2) is 0 Å². The lowest BCUT2D eigenvalue weighted by Gasteiger charge is -2.09. The summed E-state index contributed by atoms with van der Waals surface area (Å²) in [5, 5.41) is 4.24. The zero-order valence-corrected chi connectivity index (χ0v) is 16.2. The van der Waals surface area contributed by atoms with Gasteiger partial charge in [-0.15, -0.1) is 0 Å². The van der Waals surface area contributed by atoms with E-state index in [1.807, 2.05) is 68.4 Å². The molecule has 26 heavy (non-hydrogen) atoms. The molecule has 0 amide bonds. The lowest BCUT2D eigenvalue weighted by atomic mass is 10.2. The fourth-order valence-electron chi connectivity index (χ4n) is 2.44. The lowest BCUT2D eigenvalue weighted by Crippen LogP contribution is -2.01. The van der Waals surface area contributed by atoms with Gasteiger partial charge < -0.3 is 4.74 Å². The number of ether oxygens (including phenoxy) is 1. The minimum Gasteiger partial charge on any atom is -0.488 e. The molecule has 0 bridgehead atoms. The number of nitrogens with one attached hydrogen (secondary N) is 1. The molecule has 1 N–H and O–H groups in total. The van der Waals surface area contributed by atoms with Gasteiger partial charge in [0.1, 0.15) is 12.4 Å². The molecule has 0 aliphatic carbocycles. The number of halogens is 1. The molecule has 0 aliphatic heterocycles. The molecule has 2 aromatic carbocycles. The first kappa shape index (κ1) is 18.1. The number of hydrazone groups is 1. The highest BCUT2D eigenvalue weighted by molar-refractivity contribution is 9.10. The summed E-state index contributed by atoms with van der Waals surface area (Å²) in [6, 6.07) is 17.7. The molecule has 1 heterocycles. The summed E-state index contributed by atoms with van der Waals surface area (Å²) in [6.45, 7) is 4.33. The van der Waals surface area contributed by atoms with Gasteiger partial charge >= 0.3 is 0 Å². The molecule has 3 rings (SSSR count). The summed E-state index contributed by atoms with van der Waals surface area (Å²) in [5.74, 6) is 1.24. The van der Waals surface area contributed by atoms with Crippen LogP contribution in [-0.4, -0.2) is 16.2 Å². The number of rotatable bonds is 6. The van der Waals surface area contributed by atoms with E-state index < -0.39 is 0 Å². The Morgan fingerprint density at radius 2 is 1.81 bits per heavy atom. The molecule has 0 saturated carbocycles. The molecule has 3 aromatic rings. The van der Waals surface area contributed by atoms with E-state index in [2.05, 4.69) is 36.4 Å². The minimum absolute atomic E-state index is 0.478. The summed E-state index contributed by atoms with van der Waals surface area (Å²) >= 11 is 3.47. The van der Waals surface area contributed by atoms with Gasteiger partial charge in [0, 0.05) is 21.4 Å². The standard InChI is InChI=1S/C20H19BrN4O/c1-14-10-15(2)24-20(23-14)25-22-12-17-7-3-4-9-19(17)26-13-16-6-5-8-18(21)11-16/h3-12H,13H2,1-2H3,(H,23,24,25)/b22-12+. The Kier molecular flexibility index (Phi) is 5.96. The summed E-state index contributed by atoms with van der Waals surface area (Å²) in [4.78, 5) is 8.60. The van der Waals surface area contributed by atoms with E-state index in [0.717, 1.165) is 32.7 Å². The van der Waals surface area contributed by atoms with E-state index in [0.29, 0.717) is 12.6 Å². The van der Waals surface area contributed by atoms with E-state index >= 15 is 0 Å². The Labute approximate surface area is 161 Å². The van der Waals surface area contributed by atoms with Gasteiger partial charge in [0.25, 0.3) is 0 Å². The number of aromatic nitrogens is 2. The third-order valence-electron chi connectivity index (χ3n) is 3.55. The van der Waals surface area contributed by atoms with Gasteiger partial charge in [-0.1, -0.05) is 40.2 Å². The smallest absolute Gasteiger partial charge is 0.243 e. The Morgan fingerprint density at radius 3 is 2.58 bits per heavy atom. The second-order valence-corrected chi connectivity index (χ2v) is 6.72. The SMILES string of the molecule is Cc1cc(C)nc(N/N=C/c2ccccc2OCc2cccc(Br)c2)n1. The third kappa shape index (κ3) is 5.13. The summed E-state index contributed by atoms with van der Waals surface area (Å²) in [6.07, 6.45) is 1.71. The van der Waals surface area contributed by atoms with E-state index in [-0.39, 0.29) is 0 Å². The van der Waals surface area contributed by atoms with Crippen molar-refractivity contribution in [2.24, 2.45) is 5.10 Å². The average Bonchev–Trinajstić information content (AvgIpc) is 2.60. The van der Waals surface area contributed by atoms with Crippen LogP contribution < -0.4 is 10.2 Å². The largest absolute Gasteiger partial charge is 0.488 e. The van der Waals surface area contributed by atoms with Crippen molar-refractivity contribution >= 4 is 28.1 Å². The molecule has 0 fully saturated rings. The van der Waals surface area contributed by atoms with Crippen LogP contribution in [0.5, 0.6) is 5.75 Å². The maximum Gasteiger partial charge on any atom is 0.243 e. The van der Waals surface area contributed by atoms with Crippen molar-refractivity contribution in [3.63, 3.8) is 0 Å². The van der Waals surface area contributed by atoms with Crippen molar-refractivity contribution in [2.75, 3.05) is 5.43 Å². The maximum absolute atomic E-state index is 5.95. The monoisotopic (exact) mass is 410 g/mol. The third-order valence-corrected chi connectivity index (χ3v) is 4.05. The van der Waals surface area contributed by atoms with E-state index in [9.17, 15) is 0 Å². The van der Waals surface area contributed by atoms with Gasteiger partial charge in [0.2, 0.25) is 5.95 Å². The van der Waals surface area contributed by atoms with E-state index in [1.54, 1.807) is 6.21 Å². The summed E-state index contributed by atoms with van der Waals surface area (Å²) in [5.41, 5.74) is 6.63. The Hall–Kier alpha value is -2.73. The van der Waals surface area contributed by atoms with Crippen LogP contribution in [0, 0.1) is 13.8 Å².